The van der Waals surface area contributed by atoms with Crippen molar-refractivity contribution in [2.45, 2.75) is 30.9 Å². The van der Waals surface area contributed by atoms with Gasteiger partial charge in [0.1, 0.15) is 17.4 Å². The van der Waals surface area contributed by atoms with Crippen LogP contribution in [0.1, 0.15) is 35.3 Å². The second-order valence-electron chi connectivity index (χ2n) is 9.95. The normalized spacial score (nSPS) is 18.6. The molecule has 212 valence electrons. The molecule has 9 nitrogen and oxygen atoms in total. The highest BCUT2D eigenvalue weighted by Gasteiger charge is 2.35. The lowest BCUT2D eigenvalue weighted by atomic mass is 10.00. The fourth-order valence-electron chi connectivity index (χ4n) is 4.46. The molecule has 0 fully saturated rings. The number of aromatic nitrogens is 1. The van der Waals surface area contributed by atoms with Crippen LogP contribution in [0.3, 0.4) is 0 Å². The zero-order valence-electron chi connectivity index (χ0n) is 23.1. The van der Waals surface area contributed by atoms with Crippen molar-refractivity contribution in [2.75, 3.05) is 33.9 Å². The summed E-state index contributed by atoms with van der Waals surface area (Å²) >= 11 is 0. The number of aliphatic hydroxyl groups excluding tert-OH is 1. The molecule has 0 bridgehead atoms. The van der Waals surface area contributed by atoms with E-state index >= 15 is 0 Å². The van der Waals surface area contributed by atoms with Crippen molar-refractivity contribution in [3.8, 4) is 11.6 Å². The molecular weight excluding hydrogens is 530 g/mol. The fraction of sp³-hybridized carbons (Fsp3) is 0.333. The number of amides is 1. The molecule has 0 spiro atoms. The average Bonchev–Trinajstić information content (AvgIpc) is 2.98. The highest BCUT2D eigenvalue weighted by Crippen LogP contribution is 2.29. The SMILES string of the molecule is COc1ccc(S(=O)(=O)N(C)C[C@@H]2Oc3ncc(C=Cc4ccccc4)cc3C(=O)N([C@@H](C)CO)C[C@@H]2C)cc1. The smallest absolute Gasteiger partial charge is 0.259 e. The Morgan fingerprint density at radius 3 is 2.48 bits per heavy atom. The number of carbonyl (C=O) groups excluding carboxylic acids is 1. The van der Waals surface area contributed by atoms with Crippen molar-refractivity contribution in [3.05, 3.63) is 83.6 Å². The number of carbonyl (C=O) groups is 1. The molecule has 4 rings (SSSR count). The van der Waals surface area contributed by atoms with Gasteiger partial charge in [0.2, 0.25) is 15.9 Å². The number of pyridine rings is 1. The van der Waals surface area contributed by atoms with Gasteiger partial charge < -0.3 is 19.5 Å². The molecule has 1 amide bonds. The molecule has 40 heavy (non-hydrogen) atoms. The Bertz CT molecular complexity index is 1440. The Labute approximate surface area is 235 Å². The van der Waals surface area contributed by atoms with Crippen molar-refractivity contribution in [1.82, 2.24) is 14.2 Å². The lowest BCUT2D eigenvalue weighted by Gasteiger charge is -2.37. The quantitative estimate of drug-likeness (QED) is 0.420. The molecular formula is C30H35N3O6S. The van der Waals surface area contributed by atoms with Gasteiger partial charge in [0.25, 0.3) is 5.91 Å². The van der Waals surface area contributed by atoms with Crippen LogP contribution >= 0.6 is 0 Å². The predicted molar refractivity (Wildman–Crippen MR) is 154 cm³/mol. The molecule has 0 aliphatic carbocycles. The van der Waals surface area contributed by atoms with Gasteiger partial charge in [0.05, 0.1) is 31.2 Å². The topological polar surface area (TPSA) is 109 Å². The number of methoxy groups -OCH3 is 1. The van der Waals surface area contributed by atoms with E-state index in [9.17, 15) is 18.3 Å². The van der Waals surface area contributed by atoms with Crippen LogP contribution in [0, 0.1) is 5.92 Å². The highest BCUT2D eigenvalue weighted by atomic mass is 32.2. The van der Waals surface area contributed by atoms with Crippen LogP contribution in [0.2, 0.25) is 0 Å². The Kier molecular flexibility index (Phi) is 9.24. The first-order chi connectivity index (χ1) is 19.1. The average molecular weight is 566 g/mol. The second kappa shape index (κ2) is 12.6. The summed E-state index contributed by atoms with van der Waals surface area (Å²) < 4.78 is 39.3. The summed E-state index contributed by atoms with van der Waals surface area (Å²) in [6.45, 7) is 3.75. The van der Waals surface area contributed by atoms with E-state index in [4.69, 9.17) is 9.47 Å². The van der Waals surface area contributed by atoms with Crippen LogP contribution in [-0.2, 0) is 10.0 Å². The maximum Gasteiger partial charge on any atom is 0.259 e. The predicted octanol–water partition coefficient (Wildman–Crippen LogP) is 3.80. The largest absolute Gasteiger partial charge is 0.497 e. The summed E-state index contributed by atoms with van der Waals surface area (Å²) in [6, 6.07) is 17.2. The first-order valence-corrected chi connectivity index (χ1v) is 14.5. The standard InChI is InChI=1S/C30H35N3O6S/c1-21-18-33(22(2)20-34)30(35)27-16-24(11-10-23-8-6-5-7-9-23)17-31-29(27)39-28(21)19-32(3)40(36,37)26-14-12-25(38-4)13-15-26/h5-17,21-22,28,34H,18-20H2,1-4H3/t21-,22-,28-/m0/s1. The van der Waals surface area contributed by atoms with Crippen molar-refractivity contribution in [3.63, 3.8) is 0 Å². The van der Waals surface area contributed by atoms with Gasteiger partial charge in [-0.25, -0.2) is 13.4 Å². The van der Waals surface area contributed by atoms with Gasteiger partial charge in [0.15, 0.2) is 0 Å². The molecule has 0 radical (unpaired) electrons. The van der Waals surface area contributed by atoms with E-state index in [1.54, 1.807) is 36.2 Å². The van der Waals surface area contributed by atoms with Crippen LogP contribution in [0.25, 0.3) is 12.2 Å². The number of hydrogen-bond acceptors (Lipinski definition) is 7. The number of aliphatic hydroxyl groups is 1. The van der Waals surface area contributed by atoms with Crippen molar-refractivity contribution in [2.24, 2.45) is 5.92 Å². The van der Waals surface area contributed by atoms with Gasteiger partial charge in [0, 0.05) is 25.7 Å². The molecule has 3 aromatic rings. The molecule has 1 aromatic heterocycles. The highest BCUT2D eigenvalue weighted by molar-refractivity contribution is 7.89. The van der Waals surface area contributed by atoms with Gasteiger partial charge in [-0.2, -0.15) is 4.31 Å². The zero-order chi connectivity index (χ0) is 28.9. The summed E-state index contributed by atoms with van der Waals surface area (Å²) in [5.74, 6) is 0.119. The number of hydrogen-bond donors (Lipinski definition) is 1. The molecule has 1 N–H and O–H groups in total. The number of sulfonamides is 1. The second-order valence-corrected chi connectivity index (χ2v) is 12.0. The van der Waals surface area contributed by atoms with Crippen LogP contribution in [0.15, 0.2) is 71.8 Å². The Morgan fingerprint density at radius 1 is 1.15 bits per heavy atom. The molecule has 1 aliphatic heterocycles. The number of benzene rings is 2. The zero-order valence-corrected chi connectivity index (χ0v) is 23.9. The number of ether oxygens (including phenoxy) is 2. The molecule has 0 saturated carbocycles. The number of fused-ring (bicyclic) bond motifs is 1. The molecule has 2 aromatic carbocycles. The van der Waals surface area contributed by atoms with E-state index in [2.05, 4.69) is 4.98 Å². The summed E-state index contributed by atoms with van der Waals surface area (Å²) in [5.41, 5.74) is 1.97. The van der Waals surface area contributed by atoms with Gasteiger partial charge in [-0.05, 0) is 48.4 Å². The van der Waals surface area contributed by atoms with Gasteiger partial charge in [-0.1, -0.05) is 49.4 Å². The molecule has 2 heterocycles. The Balaban J connectivity index is 1.65. The Hall–Kier alpha value is -3.73. The van der Waals surface area contributed by atoms with E-state index in [1.807, 2.05) is 49.4 Å². The van der Waals surface area contributed by atoms with E-state index in [0.717, 1.165) is 5.56 Å². The van der Waals surface area contributed by atoms with Crippen molar-refractivity contribution < 1.29 is 27.8 Å². The molecule has 10 heteroatoms. The summed E-state index contributed by atoms with van der Waals surface area (Å²) in [6.07, 6.45) is 4.79. The minimum Gasteiger partial charge on any atom is -0.497 e. The lowest BCUT2D eigenvalue weighted by molar-refractivity contribution is 0.0373. The number of likely N-dealkylation sites (N-methyl/N-ethyl adjacent to an activating group) is 1. The third-order valence-corrected chi connectivity index (χ3v) is 8.85. The van der Waals surface area contributed by atoms with Gasteiger partial charge >= 0.3 is 0 Å². The fourth-order valence-corrected chi connectivity index (χ4v) is 5.65. The molecule has 3 atom stereocenters. The van der Waals surface area contributed by atoms with Gasteiger partial charge in [-0.3, -0.25) is 4.79 Å². The maximum atomic E-state index is 13.6. The summed E-state index contributed by atoms with van der Waals surface area (Å²) in [7, 11) is -0.807. The van der Waals surface area contributed by atoms with Crippen LogP contribution < -0.4 is 9.47 Å². The maximum absolute atomic E-state index is 13.6. The van der Waals surface area contributed by atoms with Crippen molar-refractivity contribution >= 4 is 28.1 Å². The first-order valence-electron chi connectivity index (χ1n) is 13.1. The summed E-state index contributed by atoms with van der Waals surface area (Å²) in [4.78, 5) is 19.8. The lowest BCUT2D eigenvalue weighted by Crippen LogP contribution is -2.50. The first kappa shape index (κ1) is 29.3. The van der Waals surface area contributed by atoms with E-state index in [0.29, 0.717) is 11.3 Å². The van der Waals surface area contributed by atoms with Crippen LogP contribution in [-0.4, -0.2) is 79.6 Å². The summed E-state index contributed by atoms with van der Waals surface area (Å²) in [5, 5.41) is 9.90. The van der Waals surface area contributed by atoms with E-state index in [-0.39, 0.29) is 47.9 Å². The van der Waals surface area contributed by atoms with Crippen LogP contribution in [0.4, 0.5) is 0 Å². The minimum absolute atomic E-state index is 0.0296. The number of nitrogens with zero attached hydrogens (tertiary/aromatic N) is 3. The number of rotatable bonds is 9. The van der Waals surface area contributed by atoms with Crippen molar-refractivity contribution in [1.29, 1.82) is 0 Å². The third kappa shape index (κ3) is 6.52. The Morgan fingerprint density at radius 2 is 1.82 bits per heavy atom. The molecule has 0 saturated heterocycles. The van der Waals surface area contributed by atoms with E-state index < -0.39 is 22.2 Å². The minimum atomic E-state index is -3.82. The monoisotopic (exact) mass is 565 g/mol. The molecule has 0 unspecified atom stereocenters. The van der Waals surface area contributed by atoms with Crippen LogP contribution in [0.5, 0.6) is 11.6 Å². The molecule has 1 aliphatic rings. The van der Waals surface area contributed by atoms with E-state index in [1.165, 1.54) is 30.6 Å². The third-order valence-electron chi connectivity index (χ3n) is 7.01. The van der Waals surface area contributed by atoms with Gasteiger partial charge in [-0.15, -0.1) is 0 Å².